The first-order valence-electron chi connectivity index (χ1n) is 4.21. The summed E-state index contributed by atoms with van der Waals surface area (Å²) < 4.78 is 6.66. The SMILES string of the molecule is CCCC(C)(C)C(=[Te])OCC. The molecule has 0 radical (unpaired) electrons. The molecule has 0 aromatic heterocycles. The van der Waals surface area contributed by atoms with Crippen molar-refractivity contribution in [2.45, 2.75) is 40.5 Å². The van der Waals surface area contributed by atoms with E-state index in [2.05, 4.69) is 20.8 Å². The predicted octanol–water partition coefficient (Wildman–Crippen LogP) is 2.15. The van der Waals surface area contributed by atoms with Gasteiger partial charge in [-0.3, -0.25) is 0 Å². The summed E-state index contributed by atoms with van der Waals surface area (Å²) in [6.45, 7) is 9.52. The molecule has 0 unspecified atom stereocenters. The quantitative estimate of drug-likeness (QED) is 0.695. The molecule has 0 aliphatic carbocycles. The average molecular weight is 270 g/mol. The number of hydrogen-bond acceptors (Lipinski definition) is 1. The third kappa shape index (κ3) is 4.13. The standard InChI is InChI=1S/C9H18OTe/c1-5-7-9(3,4)8(11)10-6-2/h5-7H2,1-4H3. The molecule has 2 heteroatoms. The van der Waals surface area contributed by atoms with Crippen LogP contribution >= 0.6 is 0 Å². The van der Waals surface area contributed by atoms with E-state index in [0.29, 0.717) is 0 Å². The molecular weight excluding hydrogens is 252 g/mol. The average Bonchev–Trinajstić information content (AvgIpc) is 1.88. The molecule has 0 saturated carbocycles. The first kappa shape index (κ1) is 11.5. The number of ether oxygens (including phenoxy) is 1. The molecule has 0 atom stereocenters. The molecule has 0 saturated heterocycles. The summed E-state index contributed by atoms with van der Waals surface area (Å²) >= 11 is 2.01. The van der Waals surface area contributed by atoms with Crippen LogP contribution in [-0.2, 0) is 4.74 Å². The summed E-state index contributed by atoms with van der Waals surface area (Å²) in [5, 5.41) is 0. The fourth-order valence-electron chi connectivity index (χ4n) is 1.05. The van der Waals surface area contributed by atoms with E-state index in [1.807, 2.05) is 28.7 Å². The monoisotopic (exact) mass is 272 g/mol. The van der Waals surface area contributed by atoms with Crippen LogP contribution < -0.4 is 0 Å². The Hall–Kier alpha value is 0.460. The Balaban J connectivity index is 3.94. The van der Waals surface area contributed by atoms with E-state index in [1.54, 1.807) is 0 Å². The van der Waals surface area contributed by atoms with Crippen LogP contribution in [0.1, 0.15) is 40.5 Å². The molecule has 0 aromatic rings. The Morgan fingerprint density at radius 1 is 1.36 bits per heavy atom. The van der Waals surface area contributed by atoms with Crippen LogP contribution in [0, 0.1) is 5.41 Å². The molecule has 0 aliphatic heterocycles. The van der Waals surface area contributed by atoms with Gasteiger partial charge in [-0.2, -0.15) is 0 Å². The molecule has 0 aliphatic rings. The molecule has 0 aromatic carbocycles. The maximum atomic E-state index is 5.48. The van der Waals surface area contributed by atoms with Crippen molar-refractivity contribution in [2.75, 3.05) is 6.61 Å². The van der Waals surface area contributed by atoms with Crippen molar-refractivity contribution < 1.29 is 4.74 Å². The van der Waals surface area contributed by atoms with Crippen LogP contribution in [0.4, 0.5) is 0 Å². The minimum atomic E-state index is 0.259. The second kappa shape index (κ2) is 5.17. The van der Waals surface area contributed by atoms with E-state index in [9.17, 15) is 0 Å². The summed E-state index contributed by atoms with van der Waals surface area (Å²) in [6.07, 6.45) is 2.43. The van der Waals surface area contributed by atoms with Crippen LogP contribution in [0.25, 0.3) is 0 Å². The fraction of sp³-hybridized carbons (Fsp3) is 0.889. The van der Waals surface area contributed by atoms with E-state index in [4.69, 9.17) is 4.74 Å². The first-order chi connectivity index (χ1) is 5.04. The Kier molecular flexibility index (Phi) is 5.38. The van der Waals surface area contributed by atoms with Crippen molar-refractivity contribution in [1.29, 1.82) is 0 Å². The second-order valence-electron chi connectivity index (χ2n) is 3.35. The van der Waals surface area contributed by atoms with Gasteiger partial charge in [0.05, 0.1) is 0 Å². The van der Waals surface area contributed by atoms with Gasteiger partial charge in [-0.15, -0.1) is 0 Å². The van der Waals surface area contributed by atoms with Crippen molar-refractivity contribution in [1.82, 2.24) is 0 Å². The molecule has 0 amide bonds. The van der Waals surface area contributed by atoms with Crippen molar-refractivity contribution in [2.24, 2.45) is 5.41 Å². The van der Waals surface area contributed by atoms with Gasteiger partial charge < -0.3 is 0 Å². The summed E-state index contributed by atoms with van der Waals surface area (Å²) in [5.74, 6) is 0. The molecule has 0 heterocycles. The molecule has 1 nitrogen and oxygen atoms in total. The van der Waals surface area contributed by atoms with Crippen molar-refractivity contribution in [3.63, 3.8) is 0 Å². The van der Waals surface area contributed by atoms with Gasteiger partial charge >= 0.3 is 82.9 Å². The van der Waals surface area contributed by atoms with Gasteiger partial charge in [-0.05, 0) is 0 Å². The van der Waals surface area contributed by atoms with Gasteiger partial charge in [-0.25, -0.2) is 0 Å². The summed E-state index contributed by atoms with van der Waals surface area (Å²) in [7, 11) is 0. The van der Waals surface area contributed by atoms with Crippen LogP contribution in [0.3, 0.4) is 0 Å². The van der Waals surface area contributed by atoms with Crippen LogP contribution in [0.2, 0.25) is 0 Å². The Morgan fingerprint density at radius 3 is 2.27 bits per heavy atom. The first-order valence-corrected chi connectivity index (χ1v) is 5.38. The molecular formula is C9H18OTe. The number of hydrogen-bond donors (Lipinski definition) is 0. The molecule has 0 spiro atoms. The molecule has 11 heavy (non-hydrogen) atoms. The topological polar surface area (TPSA) is 9.23 Å². The molecule has 0 N–H and O–H groups in total. The van der Waals surface area contributed by atoms with E-state index in [-0.39, 0.29) is 5.41 Å². The van der Waals surface area contributed by atoms with E-state index < -0.39 is 0 Å². The number of rotatable bonds is 5. The third-order valence-corrected chi connectivity index (χ3v) is 3.62. The maximum absolute atomic E-state index is 5.48. The van der Waals surface area contributed by atoms with Crippen LogP contribution in [0.15, 0.2) is 0 Å². The predicted molar refractivity (Wildman–Crippen MR) is 51.1 cm³/mol. The summed E-state index contributed by atoms with van der Waals surface area (Å²) in [6, 6.07) is 0. The van der Waals surface area contributed by atoms with Gasteiger partial charge in [0.1, 0.15) is 0 Å². The van der Waals surface area contributed by atoms with Gasteiger partial charge in [-0.1, -0.05) is 0 Å². The normalized spacial score (nSPS) is 11.3. The van der Waals surface area contributed by atoms with Gasteiger partial charge in [0.2, 0.25) is 0 Å². The molecule has 0 bridgehead atoms. The van der Waals surface area contributed by atoms with E-state index >= 15 is 0 Å². The van der Waals surface area contributed by atoms with E-state index in [0.717, 1.165) is 6.61 Å². The summed E-state index contributed by atoms with van der Waals surface area (Å²) in [5.41, 5.74) is 0.259. The van der Waals surface area contributed by atoms with E-state index in [1.165, 1.54) is 16.6 Å². The van der Waals surface area contributed by atoms with Gasteiger partial charge in [0.25, 0.3) is 0 Å². The van der Waals surface area contributed by atoms with Crippen LogP contribution in [0.5, 0.6) is 0 Å². The van der Waals surface area contributed by atoms with Crippen molar-refractivity contribution in [3.05, 3.63) is 0 Å². The molecule has 66 valence electrons. The van der Waals surface area contributed by atoms with Gasteiger partial charge in [0, 0.05) is 0 Å². The minimum absolute atomic E-state index is 0.259. The third-order valence-electron chi connectivity index (χ3n) is 1.70. The Labute approximate surface area is 82.9 Å². The molecule has 0 rings (SSSR count). The van der Waals surface area contributed by atoms with Gasteiger partial charge in [0.15, 0.2) is 0 Å². The van der Waals surface area contributed by atoms with Crippen molar-refractivity contribution in [3.8, 4) is 0 Å². The zero-order valence-electron chi connectivity index (χ0n) is 7.94. The Bertz CT molecular complexity index is 130. The zero-order chi connectivity index (χ0) is 8.91. The summed E-state index contributed by atoms with van der Waals surface area (Å²) in [4.78, 5) is 0. The fourth-order valence-corrected chi connectivity index (χ4v) is 1.68. The van der Waals surface area contributed by atoms with Crippen LogP contribution in [-0.4, -0.2) is 32.2 Å². The second-order valence-corrected chi connectivity index (χ2v) is 4.41. The zero-order valence-corrected chi connectivity index (χ0v) is 10.3. The molecule has 0 fully saturated rings. The Morgan fingerprint density at radius 2 is 1.91 bits per heavy atom. The van der Waals surface area contributed by atoms with Crippen molar-refractivity contribution >= 4 is 25.6 Å².